The van der Waals surface area contributed by atoms with Gasteiger partial charge in [-0.05, 0) is 23.8 Å². The smallest absolute Gasteiger partial charge is 0.335 e. The fraction of sp³-hybridized carbons (Fsp3) is 0.0625. The molecule has 0 atom stereocenters. The molecule has 0 bridgehead atoms. The summed E-state index contributed by atoms with van der Waals surface area (Å²) in [6, 6.07) is 13.1. The predicted molar refractivity (Wildman–Crippen MR) is 81.3 cm³/mol. The maximum atomic E-state index is 12.5. The standard InChI is InChI=1S/C16H12N2O4/c19-14-12-8-11(15(20)21)6-7-13(12)17-16(22)18(14)9-10-4-2-1-3-5-10/h1-8H,9H2,(H,17,22)(H,20,21). The topological polar surface area (TPSA) is 92.2 Å². The summed E-state index contributed by atoms with van der Waals surface area (Å²) in [4.78, 5) is 38.2. The molecule has 0 unspecified atom stereocenters. The monoisotopic (exact) mass is 296 g/mol. The number of aromatic carboxylic acids is 1. The van der Waals surface area contributed by atoms with Crippen LogP contribution in [-0.4, -0.2) is 20.6 Å². The first-order valence-corrected chi connectivity index (χ1v) is 6.60. The normalized spacial score (nSPS) is 10.7. The number of carbonyl (C=O) groups is 1. The summed E-state index contributed by atoms with van der Waals surface area (Å²) in [5.41, 5.74) is 0.103. The van der Waals surface area contributed by atoms with E-state index in [0.717, 1.165) is 10.1 Å². The third kappa shape index (κ3) is 2.42. The molecular formula is C16H12N2O4. The number of hydrogen-bond donors (Lipinski definition) is 2. The second kappa shape index (κ2) is 5.33. The average molecular weight is 296 g/mol. The zero-order chi connectivity index (χ0) is 15.7. The van der Waals surface area contributed by atoms with Crippen molar-refractivity contribution in [2.45, 2.75) is 6.54 Å². The van der Waals surface area contributed by atoms with Crippen LogP contribution in [0, 0.1) is 0 Å². The van der Waals surface area contributed by atoms with E-state index in [2.05, 4.69) is 4.98 Å². The summed E-state index contributed by atoms with van der Waals surface area (Å²) >= 11 is 0. The number of nitrogens with one attached hydrogen (secondary N) is 1. The predicted octanol–water partition coefficient (Wildman–Crippen LogP) is 1.44. The average Bonchev–Trinajstić information content (AvgIpc) is 2.52. The highest BCUT2D eigenvalue weighted by atomic mass is 16.4. The molecule has 110 valence electrons. The molecule has 0 aliphatic carbocycles. The lowest BCUT2D eigenvalue weighted by Gasteiger charge is -2.07. The van der Waals surface area contributed by atoms with Gasteiger partial charge in [-0.1, -0.05) is 30.3 Å². The van der Waals surface area contributed by atoms with E-state index in [1.54, 1.807) is 0 Å². The van der Waals surface area contributed by atoms with Crippen LogP contribution >= 0.6 is 0 Å². The van der Waals surface area contributed by atoms with E-state index >= 15 is 0 Å². The number of fused-ring (bicyclic) bond motifs is 1. The molecule has 3 aromatic rings. The molecule has 0 radical (unpaired) electrons. The Hall–Kier alpha value is -3.15. The SMILES string of the molecule is O=C(O)c1ccc2[nH]c(=O)n(Cc3ccccc3)c(=O)c2c1. The summed E-state index contributed by atoms with van der Waals surface area (Å²) in [6.45, 7) is 0.127. The van der Waals surface area contributed by atoms with Crippen molar-refractivity contribution in [1.82, 2.24) is 9.55 Å². The van der Waals surface area contributed by atoms with E-state index in [9.17, 15) is 14.4 Å². The molecule has 0 fully saturated rings. The number of rotatable bonds is 3. The lowest BCUT2D eigenvalue weighted by Crippen LogP contribution is -2.35. The largest absolute Gasteiger partial charge is 0.478 e. The van der Waals surface area contributed by atoms with Crippen LogP contribution in [0.15, 0.2) is 58.1 Å². The minimum absolute atomic E-state index is 0.00269. The Kier molecular flexibility index (Phi) is 3.34. The highest BCUT2D eigenvalue weighted by Crippen LogP contribution is 2.09. The van der Waals surface area contributed by atoms with Gasteiger partial charge in [0, 0.05) is 0 Å². The Bertz CT molecular complexity index is 971. The first-order chi connectivity index (χ1) is 10.6. The fourth-order valence-electron chi connectivity index (χ4n) is 2.29. The molecule has 0 aliphatic heterocycles. The third-order valence-corrected chi connectivity index (χ3v) is 3.41. The summed E-state index contributed by atoms with van der Waals surface area (Å²) in [5, 5.41) is 9.19. The number of carboxylic acids is 1. The van der Waals surface area contributed by atoms with Gasteiger partial charge in [0.2, 0.25) is 0 Å². The summed E-state index contributed by atoms with van der Waals surface area (Å²) in [6.07, 6.45) is 0. The fourth-order valence-corrected chi connectivity index (χ4v) is 2.29. The second-order valence-corrected chi connectivity index (χ2v) is 4.87. The van der Waals surface area contributed by atoms with Crippen molar-refractivity contribution in [1.29, 1.82) is 0 Å². The highest BCUT2D eigenvalue weighted by Gasteiger charge is 2.11. The van der Waals surface area contributed by atoms with E-state index in [1.165, 1.54) is 18.2 Å². The van der Waals surface area contributed by atoms with Crippen molar-refractivity contribution in [2.75, 3.05) is 0 Å². The quantitative estimate of drug-likeness (QED) is 0.765. The number of carboxylic acid groups (broad SMARTS) is 1. The number of aromatic amines is 1. The van der Waals surface area contributed by atoms with E-state index < -0.39 is 17.2 Å². The lowest BCUT2D eigenvalue weighted by molar-refractivity contribution is 0.0697. The first-order valence-electron chi connectivity index (χ1n) is 6.60. The van der Waals surface area contributed by atoms with E-state index in [-0.39, 0.29) is 17.5 Å². The molecule has 6 heteroatoms. The molecule has 2 N–H and O–H groups in total. The highest BCUT2D eigenvalue weighted by molar-refractivity contribution is 5.92. The summed E-state index contributed by atoms with van der Waals surface area (Å²) in [5.74, 6) is -1.12. The Balaban J connectivity index is 2.20. The van der Waals surface area contributed by atoms with E-state index in [4.69, 9.17) is 5.11 Å². The van der Waals surface area contributed by atoms with Crippen molar-refractivity contribution in [3.05, 3.63) is 80.5 Å². The molecular weight excluding hydrogens is 284 g/mol. The Morgan fingerprint density at radius 3 is 2.50 bits per heavy atom. The molecule has 1 heterocycles. The van der Waals surface area contributed by atoms with Gasteiger partial charge in [-0.25, -0.2) is 9.59 Å². The minimum atomic E-state index is -1.12. The van der Waals surface area contributed by atoms with Crippen molar-refractivity contribution < 1.29 is 9.90 Å². The number of benzene rings is 2. The zero-order valence-corrected chi connectivity index (χ0v) is 11.4. The number of H-pyrrole nitrogens is 1. The van der Waals surface area contributed by atoms with Gasteiger partial charge >= 0.3 is 11.7 Å². The van der Waals surface area contributed by atoms with Crippen LogP contribution in [0.3, 0.4) is 0 Å². The molecule has 6 nitrogen and oxygen atoms in total. The van der Waals surface area contributed by atoms with E-state index in [0.29, 0.717) is 5.52 Å². The first kappa shape index (κ1) is 13.8. The van der Waals surface area contributed by atoms with Crippen molar-refractivity contribution in [2.24, 2.45) is 0 Å². The van der Waals surface area contributed by atoms with Gasteiger partial charge in [0.05, 0.1) is 23.0 Å². The van der Waals surface area contributed by atoms with Gasteiger partial charge in [-0.2, -0.15) is 0 Å². The maximum absolute atomic E-state index is 12.5. The molecule has 3 rings (SSSR count). The summed E-state index contributed by atoms with van der Waals surface area (Å²) < 4.78 is 1.06. The van der Waals surface area contributed by atoms with Gasteiger partial charge in [-0.15, -0.1) is 0 Å². The van der Waals surface area contributed by atoms with Crippen LogP contribution in [0.5, 0.6) is 0 Å². The number of nitrogens with zero attached hydrogens (tertiary/aromatic N) is 1. The van der Waals surface area contributed by atoms with Gasteiger partial charge in [0.1, 0.15) is 0 Å². The lowest BCUT2D eigenvalue weighted by atomic mass is 10.1. The second-order valence-electron chi connectivity index (χ2n) is 4.87. The van der Waals surface area contributed by atoms with Gasteiger partial charge in [-0.3, -0.25) is 9.36 Å². The maximum Gasteiger partial charge on any atom is 0.335 e. The van der Waals surface area contributed by atoms with Crippen LogP contribution < -0.4 is 11.2 Å². The number of aromatic nitrogens is 2. The molecule has 22 heavy (non-hydrogen) atoms. The molecule has 0 saturated heterocycles. The molecule has 2 aromatic carbocycles. The zero-order valence-electron chi connectivity index (χ0n) is 11.4. The van der Waals surface area contributed by atoms with Crippen LogP contribution in [-0.2, 0) is 6.54 Å². The van der Waals surface area contributed by atoms with Gasteiger partial charge < -0.3 is 10.1 Å². The Morgan fingerprint density at radius 2 is 1.82 bits per heavy atom. The summed E-state index contributed by atoms with van der Waals surface area (Å²) in [7, 11) is 0. The van der Waals surface area contributed by atoms with E-state index in [1.807, 2.05) is 30.3 Å². The van der Waals surface area contributed by atoms with Crippen molar-refractivity contribution >= 4 is 16.9 Å². The third-order valence-electron chi connectivity index (χ3n) is 3.41. The number of hydrogen-bond acceptors (Lipinski definition) is 3. The van der Waals surface area contributed by atoms with Gasteiger partial charge in [0.25, 0.3) is 5.56 Å². The van der Waals surface area contributed by atoms with Crippen LogP contribution in [0.4, 0.5) is 0 Å². The van der Waals surface area contributed by atoms with Crippen molar-refractivity contribution in [3.8, 4) is 0 Å². The minimum Gasteiger partial charge on any atom is -0.478 e. The van der Waals surface area contributed by atoms with Crippen LogP contribution in [0.2, 0.25) is 0 Å². The molecule has 0 aliphatic rings. The Morgan fingerprint density at radius 1 is 1.09 bits per heavy atom. The Labute approximate surface area is 124 Å². The van der Waals surface area contributed by atoms with Gasteiger partial charge in [0.15, 0.2) is 0 Å². The van der Waals surface area contributed by atoms with Crippen molar-refractivity contribution in [3.63, 3.8) is 0 Å². The molecule has 0 spiro atoms. The molecule has 0 amide bonds. The molecule has 0 saturated carbocycles. The van der Waals surface area contributed by atoms with Crippen LogP contribution in [0.1, 0.15) is 15.9 Å². The molecule has 1 aromatic heterocycles. The van der Waals surface area contributed by atoms with Crippen LogP contribution in [0.25, 0.3) is 10.9 Å².